The van der Waals surface area contributed by atoms with Crippen molar-refractivity contribution in [3.05, 3.63) is 54.9 Å². The van der Waals surface area contributed by atoms with E-state index >= 15 is 0 Å². The van der Waals surface area contributed by atoms with Gasteiger partial charge < -0.3 is 9.64 Å². The third kappa shape index (κ3) is 4.14. The number of morpholine rings is 1. The second-order valence-corrected chi connectivity index (χ2v) is 3.85. The predicted octanol–water partition coefficient (Wildman–Crippen LogP) is 2.00. The van der Waals surface area contributed by atoms with Crippen LogP contribution < -0.4 is 4.90 Å². The molecule has 0 atom stereocenters. The molecule has 0 unspecified atom stereocenters. The van der Waals surface area contributed by atoms with Gasteiger partial charge in [-0.3, -0.25) is 0 Å². The summed E-state index contributed by atoms with van der Waals surface area (Å²) in [5.74, 6) is 0. The largest absolute Gasteiger partial charge is 0.378 e. The number of benzene rings is 1. The number of hydrogen-bond acceptors (Lipinski definition) is 4. The van der Waals surface area contributed by atoms with E-state index in [-0.39, 0.29) is 0 Å². The van der Waals surface area contributed by atoms with E-state index in [1.807, 2.05) is 18.2 Å². The highest BCUT2D eigenvalue weighted by molar-refractivity contribution is 5.46. The molecule has 4 heteroatoms. The van der Waals surface area contributed by atoms with Crippen molar-refractivity contribution in [1.29, 1.82) is 0 Å². The van der Waals surface area contributed by atoms with Crippen molar-refractivity contribution in [1.82, 2.24) is 10.2 Å². The highest BCUT2D eigenvalue weighted by Gasteiger charge is 2.09. The van der Waals surface area contributed by atoms with E-state index in [4.69, 9.17) is 4.74 Å². The molecule has 18 heavy (non-hydrogen) atoms. The lowest BCUT2D eigenvalue weighted by atomic mass is 10.3. The number of anilines is 1. The van der Waals surface area contributed by atoms with Crippen LogP contribution in [0.25, 0.3) is 0 Å². The molecule has 0 aliphatic carbocycles. The van der Waals surface area contributed by atoms with Crippen molar-refractivity contribution in [2.24, 2.45) is 0 Å². The first kappa shape index (κ1) is 12.5. The fraction of sp³-hybridized carbons (Fsp3) is 0.286. The summed E-state index contributed by atoms with van der Waals surface area (Å²) in [4.78, 5) is 2.35. The van der Waals surface area contributed by atoms with Gasteiger partial charge in [0.1, 0.15) is 0 Å². The molecule has 0 radical (unpaired) electrons. The van der Waals surface area contributed by atoms with Crippen LogP contribution in [0.3, 0.4) is 0 Å². The van der Waals surface area contributed by atoms with Crippen molar-refractivity contribution < 1.29 is 4.74 Å². The average molecular weight is 243 g/mol. The normalized spacial score (nSPS) is 14.6. The fourth-order valence-electron chi connectivity index (χ4n) is 1.71. The first-order valence-corrected chi connectivity index (χ1v) is 6.06. The quantitative estimate of drug-likeness (QED) is 0.768. The molecule has 1 aliphatic heterocycles. The van der Waals surface area contributed by atoms with Gasteiger partial charge in [-0.2, -0.15) is 10.2 Å². The van der Waals surface area contributed by atoms with Crippen LogP contribution in [0, 0.1) is 0 Å². The van der Waals surface area contributed by atoms with E-state index in [9.17, 15) is 0 Å². The Balaban J connectivity index is 0.000000169. The Bertz CT molecular complexity index is 389. The van der Waals surface area contributed by atoms with E-state index in [1.165, 1.54) is 5.69 Å². The highest BCUT2D eigenvalue weighted by atomic mass is 16.5. The van der Waals surface area contributed by atoms with Crippen molar-refractivity contribution in [2.75, 3.05) is 31.2 Å². The molecule has 0 bridgehead atoms. The third-order valence-corrected chi connectivity index (χ3v) is 2.62. The highest BCUT2D eigenvalue weighted by Crippen LogP contribution is 2.13. The summed E-state index contributed by atoms with van der Waals surface area (Å²) in [6, 6.07) is 14.1. The molecule has 4 nitrogen and oxygen atoms in total. The van der Waals surface area contributed by atoms with Crippen LogP contribution in [0.5, 0.6) is 0 Å². The Morgan fingerprint density at radius 3 is 1.94 bits per heavy atom. The second-order valence-electron chi connectivity index (χ2n) is 3.85. The van der Waals surface area contributed by atoms with Gasteiger partial charge in [0.2, 0.25) is 0 Å². The zero-order valence-electron chi connectivity index (χ0n) is 10.3. The molecule has 0 spiro atoms. The number of hydrogen-bond donors (Lipinski definition) is 0. The number of rotatable bonds is 1. The summed E-state index contributed by atoms with van der Waals surface area (Å²) < 4.78 is 5.28. The molecule has 1 aromatic carbocycles. The molecule has 3 rings (SSSR count). The Morgan fingerprint density at radius 2 is 1.44 bits per heavy atom. The minimum Gasteiger partial charge on any atom is -0.378 e. The number of para-hydroxylation sites is 1. The zero-order valence-corrected chi connectivity index (χ0v) is 10.3. The molecule has 94 valence electrons. The summed E-state index contributed by atoms with van der Waals surface area (Å²) in [6.45, 7) is 3.75. The van der Waals surface area contributed by atoms with Crippen molar-refractivity contribution in [3.63, 3.8) is 0 Å². The molecule has 1 aliphatic rings. The molecule has 2 heterocycles. The van der Waals surface area contributed by atoms with Crippen LogP contribution in [0.15, 0.2) is 54.9 Å². The van der Waals surface area contributed by atoms with Gasteiger partial charge in [0.25, 0.3) is 0 Å². The number of aromatic nitrogens is 2. The van der Waals surface area contributed by atoms with E-state index in [0.717, 1.165) is 26.3 Å². The molecule has 1 saturated heterocycles. The van der Waals surface area contributed by atoms with E-state index in [2.05, 4.69) is 39.4 Å². The van der Waals surface area contributed by atoms with Gasteiger partial charge in [-0.25, -0.2) is 0 Å². The van der Waals surface area contributed by atoms with Crippen LogP contribution in [0.1, 0.15) is 0 Å². The maximum absolute atomic E-state index is 5.28. The van der Waals surface area contributed by atoms with E-state index in [1.54, 1.807) is 12.4 Å². The summed E-state index contributed by atoms with van der Waals surface area (Å²) in [6.07, 6.45) is 3.28. The van der Waals surface area contributed by atoms with Gasteiger partial charge >= 0.3 is 0 Å². The molecule has 0 saturated carbocycles. The zero-order chi connectivity index (χ0) is 12.5. The van der Waals surface area contributed by atoms with Gasteiger partial charge in [-0.15, -0.1) is 0 Å². The van der Waals surface area contributed by atoms with Crippen LogP contribution in [0.4, 0.5) is 5.69 Å². The standard InChI is InChI=1S/C10H13NO.C4H4N2/c1-2-4-10(5-3-1)11-6-8-12-9-7-11;1-2-4-6-5-3-1/h1-5H,6-9H2;1-4H. The lowest BCUT2D eigenvalue weighted by Crippen LogP contribution is -2.36. The average Bonchev–Trinajstić information content (AvgIpc) is 2.51. The number of ether oxygens (including phenoxy) is 1. The Hall–Kier alpha value is -1.94. The van der Waals surface area contributed by atoms with Gasteiger partial charge in [-0.1, -0.05) is 18.2 Å². The smallest absolute Gasteiger partial charge is 0.0642 e. The third-order valence-electron chi connectivity index (χ3n) is 2.62. The molecule has 1 aromatic heterocycles. The topological polar surface area (TPSA) is 38.2 Å². The van der Waals surface area contributed by atoms with Gasteiger partial charge in [0.05, 0.1) is 13.2 Å². The lowest BCUT2D eigenvalue weighted by Gasteiger charge is -2.28. The summed E-state index contributed by atoms with van der Waals surface area (Å²) in [7, 11) is 0. The second kappa shape index (κ2) is 7.40. The lowest BCUT2D eigenvalue weighted by molar-refractivity contribution is 0.122. The van der Waals surface area contributed by atoms with Gasteiger partial charge in [0, 0.05) is 31.2 Å². The Labute approximate surface area is 107 Å². The Kier molecular flexibility index (Phi) is 5.14. The van der Waals surface area contributed by atoms with E-state index in [0.29, 0.717) is 0 Å². The van der Waals surface area contributed by atoms with E-state index < -0.39 is 0 Å². The van der Waals surface area contributed by atoms with Gasteiger partial charge in [-0.05, 0) is 24.3 Å². The molecular formula is C14H17N3O. The van der Waals surface area contributed by atoms with Crippen molar-refractivity contribution in [3.8, 4) is 0 Å². The molecule has 1 fully saturated rings. The number of nitrogens with zero attached hydrogens (tertiary/aromatic N) is 3. The minimum atomic E-state index is 0.856. The van der Waals surface area contributed by atoms with Crippen LogP contribution in [-0.4, -0.2) is 36.5 Å². The van der Waals surface area contributed by atoms with Crippen molar-refractivity contribution >= 4 is 5.69 Å². The molecule has 0 N–H and O–H groups in total. The summed E-state index contributed by atoms with van der Waals surface area (Å²) in [5.41, 5.74) is 1.31. The van der Waals surface area contributed by atoms with Crippen LogP contribution in [-0.2, 0) is 4.74 Å². The van der Waals surface area contributed by atoms with Crippen molar-refractivity contribution in [2.45, 2.75) is 0 Å². The summed E-state index contributed by atoms with van der Waals surface area (Å²) >= 11 is 0. The molecule has 0 amide bonds. The molecular weight excluding hydrogens is 226 g/mol. The Morgan fingerprint density at radius 1 is 0.833 bits per heavy atom. The monoisotopic (exact) mass is 243 g/mol. The predicted molar refractivity (Wildman–Crippen MR) is 71.5 cm³/mol. The first-order chi connectivity index (χ1) is 8.97. The van der Waals surface area contributed by atoms with Gasteiger partial charge in [0.15, 0.2) is 0 Å². The molecule has 2 aromatic rings. The van der Waals surface area contributed by atoms with Crippen LogP contribution >= 0.6 is 0 Å². The minimum absolute atomic E-state index is 0.856. The summed E-state index contributed by atoms with van der Waals surface area (Å²) in [5, 5.41) is 7.07. The first-order valence-electron chi connectivity index (χ1n) is 6.06. The fourth-order valence-corrected chi connectivity index (χ4v) is 1.71. The van der Waals surface area contributed by atoms with Crippen LogP contribution in [0.2, 0.25) is 0 Å². The maximum atomic E-state index is 5.28. The SMILES string of the molecule is c1ccc(N2CCOCC2)cc1.c1ccnnc1. The maximum Gasteiger partial charge on any atom is 0.0642 e.